The van der Waals surface area contributed by atoms with E-state index in [0.717, 1.165) is 44.2 Å². The fraction of sp³-hybridized carbons (Fsp3) is 0.632. The molecule has 0 aliphatic rings. The molecule has 0 aliphatic carbocycles. The van der Waals surface area contributed by atoms with Crippen LogP contribution in [0.5, 0.6) is 0 Å². The van der Waals surface area contributed by atoms with Crippen molar-refractivity contribution >= 4 is 5.96 Å². The van der Waals surface area contributed by atoms with Crippen molar-refractivity contribution in [3.63, 3.8) is 0 Å². The van der Waals surface area contributed by atoms with Crippen LogP contribution in [-0.4, -0.2) is 49.1 Å². The van der Waals surface area contributed by atoms with Gasteiger partial charge in [-0.1, -0.05) is 6.08 Å². The molecule has 24 heavy (non-hydrogen) atoms. The Balaban J connectivity index is 2.38. The van der Waals surface area contributed by atoms with Crippen molar-refractivity contribution in [1.29, 1.82) is 0 Å². The molecule has 2 N–H and O–H groups in total. The third-order valence-electron chi connectivity index (χ3n) is 3.83. The van der Waals surface area contributed by atoms with Crippen molar-refractivity contribution < 1.29 is 4.42 Å². The Hall–Kier alpha value is -1.75. The van der Waals surface area contributed by atoms with Crippen molar-refractivity contribution in [2.24, 2.45) is 4.99 Å². The number of aliphatic imine (C=N–C) groups is 1. The standard InChI is InChI=1S/C19H34N4O/c1-6-11-20-19(22-13-10-18-9-7-15-24-18)21-12-8-14-23(16(2)3)17(4)5/h6-7,9,15-17H,1,8,10-14H2,2-5H3,(H2,20,21,22). The molecule has 0 spiro atoms. The van der Waals surface area contributed by atoms with E-state index >= 15 is 0 Å². The molecule has 1 aromatic rings. The Morgan fingerprint density at radius 2 is 2.04 bits per heavy atom. The zero-order valence-corrected chi connectivity index (χ0v) is 15.7. The molecule has 0 aliphatic heterocycles. The minimum absolute atomic E-state index is 0.568. The first-order valence-electron chi connectivity index (χ1n) is 8.95. The lowest BCUT2D eigenvalue weighted by Crippen LogP contribution is -2.39. The van der Waals surface area contributed by atoms with Gasteiger partial charge in [-0.25, -0.2) is 0 Å². The third kappa shape index (κ3) is 8.20. The number of furan rings is 1. The van der Waals surface area contributed by atoms with E-state index in [0.29, 0.717) is 18.6 Å². The summed E-state index contributed by atoms with van der Waals surface area (Å²) in [5.74, 6) is 1.82. The fourth-order valence-electron chi connectivity index (χ4n) is 2.66. The molecule has 0 amide bonds. The number of hydrogen-bond acceptors (Lipinski definition) is 3. The van der Waals surface area contributed by atoms with Crippen molar-refractivity contribution in [2.75, 3.05) is 26.2 Å². The van der Waals surface area contributed by atoms with Gasteiger partial charge in [0.05, 0.1) is 6.26 Å². The number of rotatable bonds is 11. The largest absolute Gasteiger partial charge is 0.469 e. The summed E-state index contributed by atoms with van der Waals surface area (Å²) in [7, 11) is 0. The Bertz CT molecular complexity index is 458. The van der Waals surface area contributed by atoms with E-state index in [-0.39, 0.29) is 0 Å². The van der Waals surface area contributed by atoms with Gasteiger partial charge in [0.2, 0.25) is 0 Å². The summed E-state index contributed by atoms with van der Waals surface area (Å²) in [6.45, 7) is 16.1. The van der Waals surface area contributed by atoms with E-state index in [9.17, 15) is 0 Å². The number of nitrogens with zero attached hydrogens (tertiary/aromatic N) is 2. The van der Waals surface area contributed by atoms with Crippen LogP contribution in [0.4, 0.5) is 0 Å². The maximum absolute atomic E-state index is 5.34. The molecule has 1 rings (SSSR count). The maximum atomic E-state index is 5.34. The molecule has 1 heterocycles. The maximum Gasteiger partial charge on any atom is 0.191 e. The normalized spacial score (nSPS) is 12.2. The summed E-state index contributed by atoms with van der Waals surface area (Å²) in [4.78, 5) is 7.16. The van der Waals surface area contributed by atoms with Crippen LogP contribution < -0.4 is 10.6 Å². The van der Waals surface area contributed by atoms with Gasteiger partial charge in [-0.3, -0.25) is 9.89 Å². The zero-order valence-electron chi connectivity index (χ0n) is 15.7. The second-order valence-electron chi connectivity index (χ2n) is 6.43. The summed E-state index contributed by atoms with van der Waals surface area (Å²) < 4.78 is 5.34. The molecule has 1 aromatic heterocycles. The van der Waals surface area contributed by atoms with Gasteiger partial charge in [0.1, 0.15) is 5.76 Å². The van der Waals surface area contributed by atoms with Gasteiger partial charge in [-0.05, 0) is 46.2 Å². The summed E-state index contributed by atoms with van der Waals surface area (Å²) in [5, 5.41) is 6.60. The number of hydrogen-bond donors (Lipinski definition) is 2. The highest BCUT2D eigenvalue weighted by Gasteiger charge is 2.12. The van der Waals surface area contributed by atoms with Crippen molar-refractivity contribution in [3.05, 3.63) is 36.8 Å². The van der Waals surface area contributed by atoms with E-state index < -0.39 is 0 Å². The molecule has 136 valence electrons. The van der Waals surface area contributed by atoms with Crippen LogP contribution in [0.2, 0.25) is 0 Å². The molecule has 0 aromatic carbocycles. The van der Waals surface area contributed by atoms with Crippen LogP contribution in [0.1, 0.15) is 39.9 Å². The molecule has 0 unspecified atom stereocenters. The lowest BCUT2D eigenvalue weighted by molar-refractivity contribution is 0.174. The topological polar surface area (TPSA) is 52.8 Å². The van der Waals surface area contributed by atoms with Gasteiger partial charge in [-0.15, -0.1) is 6.58 Å². The number of guanidine groups is 1. The Morgan fingerprint density at radius 3 is 2.62 bits per heavy atom. The van der Waals surface area contributed by atoms with E-state index in [4.69, 9.17) is 4.42 Å². The molecular formula is C19H34N4O. The molecule has 0 radical (unpaired) electrons. The van der Waals surface area contributed by atoms with Crippen LogP contribution >= 0.6 is 0 Å². The first-order chi connectivity index (χ1) is 11.5. The lowest BCUT2D eigenvalue weighted by atomic mass is 10.2. The first kappa shape index (κ1) is 20.3. The van der Waals surface area contributed by atoms with E-state index in [1.165, 1.54) is 0 Å². The smallest absolute Gasteiger partial charge is 0.191 e. The highest BCUT2D eigenvalue weighted by Crippen LogP contribution is 2.05. The second-order valence-corrected chi connectivity index (χ2v) is 6.43. The van der Waals surface area contributed by atoms with Gasteiger partial charge >= 0.3 is 0 Å². The average Bonchev–Trinajstić information content (AvgIpc) is 3.04. The summed E-state index contributed by atoms with van der Waals surface area (Å²) in [6, 6.07) is 5.04. The van der Waals surface area contributed by atoms with Crippen LogP contribution in [-0.2, 0) is 6.42 Å². The Morgan fingerprint density at radius 1 is 1.29 bits per heavy atom. The summed E-state index contributed by atoms with van der Waals surface area (Å²) in [6.07, 6.45) is 5.43. The monoisotopic (exact) mass is 334 g/mol. The second kappa shape index (κ2) is 11.7. The van der Waals surface area contributed by atoms with Gasteiger partial charge < -0.3 is 15.1 Å². The van der Waals surface area contributed by atoms with Gasteiger partial charge in [0.15, 0.2) is 5.96 Å². The molecule has 0 saturated heterocycles. The van der Waals surface area contributed by atoms with Crippen LogP contribution in [0.15, 0.2) is 40.5 Å². The SMILES string of the molecule is C=CCNC(=NCCCN(C(C)C)C(C)C)NCCc1ccco1. The summed E-state index contributed by atoms with van der Waals surface area (Å²) in [5.41, 5.74) is 0. The Labute approximate surface area is 147 Å². The van der Waals surface area contributed by atoms with Crippen LogP contribution in [0.25, 0.3) is 0 Å². The first-order valence-corrected chi connectivity index (χ1v) is 8.95. The van der Waals surface area contributed by atoms with Crippen molar-refractivity contribution in [3.8, 4) is 0 Å². The molecular weight excluding hydrogens is 300 g/mol. The molecule has 5 nitrogen and oxygen atoms in total. The van der Waals surface area contributed by atoms with Crippen LogP contribution in [0.3, 0.4) is 0 Å². The lowest BCUT2D eigenvalue weighted by Gasteiger charge is -2.30. The van der Waals surface area contributed by atoms with E-state index in [1.807, 2.05) is 18.2 Å². The highest BCUT2D eigenvalue weighted by atomic mass is 16.3. The fourth-order valence-corrected chi connectivity index (χ4v) is 2.66. The van der Waals surface area contributed by atoms with Crippen LogP contribution in [0, 0.1) is 0 Å². The summed E-state index contributed by atoms with van der Waals surface area (Å²) >= 11 is 0. The van der Waals surface area contributed by atoms with Crippen molar-refractivity contribution in [1.82, 2.24) is 15.5 Å². The molecule has 0 bridgehead atoms. The van der Waals surface area contributed by atoms with E-state index in [1.54, 1.807) is 6.26 Å². The number of nitrogens with one attached hydrogen (secondary N) is 2. The minimum Gasteiger partial charge on any atom is -0.469 e. The molecule has 0 saturated carbocycles. The van der Waals surface area contributed by atoms with Gasteiger partial charge in [-0.2, -0.15) is 0 Å². The Kier molecular flexibility index (Phi) is 9.92. The van der Waals surface area contributed by atoms with Crippen molar-refractivity contribution in [2.45, 2.75) is 52.6 Å². The molecule has 0 fully saturated rings. The van der Waals surface area contributed by atoms with Gasteiger partial charge in [0, 0.05) is 44.7 Å². The highest BCUT2D eigenvalue weighted by molar-refractivity contribution is 5.79. The van der Waals surface area contributed by atoms with Gasteiger partial charge in [0.25, 0.3) is 0 Å². The molecule has 0 atom stereocenters. The minimum atomic E-state index is 0.568. The zero-order chi connectivity index (χ0) is 17.8. The predicted octanol–water partition coefficient (Wildman–Crippen LogP) is 3.05. The molecule has 5 heteroatoms. The quantitative estimate of drug-likeness (QED) is 0.283. The average molecular weight is 335 g/mol. The third-order valence-corrected chi connectivity index (χ3v) is 3.83. The van der Waals surface area contributed by atoms with E-state index in [2.05, 4.69) is 54.8 Å². The predicted molar refractivity (Wildman–Crippen MR) is 103 cm³/mol.